The molecule has 0 saturated carbocycles. The van der Waals surface area contributed by atoms with Crippen molar-refractivity contribution in [2.24, 2.45) is 0 Å². The Morgan fingerprint density at radius 2 is 1.12 bits per heavy atom. The molecule has 0 aliphatic carbocycles. The molecule has 0 aromatic carbocycles. The summed E-state index contributed by atoms with van der Waals surface area (Å²) in [7, 11) is -5.39. The molecule has 1 radical (unpaired) electrons. The van der Waals surface area contributed by atoms with Gasteiger partial charge in [0.05, 0.1) is 0 Å². The van der Waals surface area contributed by atoms with E-state index >= 15 is 0 Å². The van der Waals surface area contributed by atoms with Crippen LogP contribution in [-0.4, -0.2) is 17.4 Å². The average Bonchev–Trinajstić information content (AvgIpc) is 0.722. The second kappa shape index (κ2) is 9.06. The molecule has 0 aromatic rings. The molecule has 0 rings (SSSR count). The second-order valence-electron chi connectivity index (χ2n) is 0.447. The third-order valence-corrected chi connectivity index (χ3v) is 0. The third-order valence-electron chi connectivity index (χ3n) is 0. The molecule has 35 valence electrons. The van der Waals surface area contributed by atoms with Crippen molar-refractivity contribution in [2.75, 3.05) is 0 Å². The van der Waals surface area contributed by atoms with E-state index in [0.29, 0.717) is 0 Å². The Kier molecular flexibility index (Phi) is 25.5. The monoisotopic (exact) mass is 264 g/mol. The molecular formula is AlCrO4PZr+7. The number of phosphoric acid groups is 1. The molecule has 0 aromatic heterocycles. The Hall–Kier alpha value is 2.06. The normalized spacial score (nSPS) is 7.38. The van der Waals surface area contributed by atoms with Gasteiger partial charge in [-0.15, -0.1) is 0 Å². The van der Waals surface area contributed by atoms with Gasteiger partial charge < -0.3 is 19.2 Å². The van der Waals surface area contributed by atoms with Gasteiger partial charge in [-0.1, -0.05) is 0 Å². The van der Waals surface area contributed by atoms with Crippen molar-refractivity contribution < 1.29 is 62.8 Å². The van der Waals surface area contributed by atoms with E-state index in [1.165, 1.54) is 0 Å². The Balaban J connectivity index is -0.0000000267. The summed E-state index contributed by atoms with van der Waals surface area (Å²) in [5.74, 6) is 0. The molecule has 0 bridgehead atoms. The Morgan fingerprint density at radius 3 is 1.12 bits per heavy atom. The molecule has 8 heavy (non-hydrogen) atoms. The molecule has 0 aliphatic rings. The predicted octanol–water partition coefficient (Wildman–Crippen LogP) is -3.21. The van der Waals surface area contributed by atoms with Crippen molar-refractivity contribution >= 4 is 25.2 Å². The van der Waals surface area contributed by atoms with Gasteiger partial charge in [0.25, 0.3) is 0 Å². The van der Waals surface area contributed by atoms with Crippen LogP contribution in [0.15, 0.2) is 0 Å². The summed E-state index contributed by atoms with van der Waals surface area (Å²) >= 11 is 0. The standard InChI is InChI=1S/Al.Cr.H3O4P.Zr/c;;1-5(2,3)4;/h;;(H3,1,2,3,4);/q2*+3;;+4/p-3. The fraction of sp³-hybridized carbons (Fsp3) is 0. The quantitative estimate of drug-likeness (QED) is 0.341. The van der Waals surface area contributed by atoms with Crippen molar-refractivity contribution in [3.8, 4) is 0 Å². The number of hydrogen-bond acceptors (Lipinski definition) is 4. The van der Waals surface area contributed by atoms with Crippen molar-refractivity contribution in [3.05, 3.63) is 0 Å². The Bertz CT molecular complexity index is 62.2. The van der Waals surface area contributed by atoms with Gasteiger partial charge in [-0.2, -0.15) is 7.82 Å². The van der Waals surface area contributed by atoms with Crippen LogP contribution in [0.3, 0.4) is 0 Å². The zero-order valence-corrected chi connectivity index (χ0v) is 9.35. The summed E-state index contributed by atoms with van der Waals surface area (Å²) in [6.45, 7) is 0. The third kappa shape index (κ3) is 94.8. The molecule has 0 aliphatic heterocycles. The SMILES string of the molecule is O=P([O-])([O-])[O-].[Al+3].[Cr+3].[Zr+4]. The van der Waals surface area contributed by atoms with Crippen molar-refractivity contribution in [1.82, 2.24) is 0 Å². The molecule has 4 nitrogen and oxygen atoms in total. The molecule has 8 heteroatoms. The van der Waals surface area contributed by atoms with Crippen LogP contribution in [0.25, 0.3) is 0 Å². The molecular weight excluding hydrogens is 265 g/mol. The number of rotatable bonds is 0. The fourth-order valence-corrected chi connectivity index (χ4v) is 0. The van der Waals surface area contributed by atoms with Crippen molar-refractivity contribution in [1.29, 1.82) is 0 Å². The van der Waals surface area contributed by atoms with Crippen molar-refractivity contribution in [2.45, 2.75) is 0 Å². The van der Waals surface area contributed by atoms with E-state index in [1.54, 1.807) is 0 Å². The predicted molar refractivity (Wildman–Crippen MR) is 13.4 cm³/mol. The summed E-state index contributed by atoms with van der Waals surface area (Å²) in [6, 6.07) is 0. The maximum absolute atomic E-state index is 8.55. The van der Waals surface area contributed by atoms with E-state index in [1.807, 2.05) is 0 Å². The van der Waals surface area contributed by atoms with Gasteiger partial charge in [0.15, 0.2) is 0 Å². The summed E-state index contributed by atoms with van der Waals surface area (Å²) in [6.07, 6.45) is 0. The minimum Gasteiger partial charge on any atom is -0.822 e. The van der Waals surface area contributed by atoms with Crippen molar-refractivity contribution in [3.63, 3.8) is 0 Å². The van der Waals surface area contributed by atoms with Gasteiger partial charge >= 0.3 is 60.9 Å². The first-order valence-electron chi connectivity index (χ1n) is 0.730. The first kappa shape index (κ1) is 22.5. The first-order chi connectivity index (χ1) is 2.00. The summed E-state index contributed by atoms with van der Waals surface area (Å²) in [5.41, 5.74) is 0. The first-order valence-corrected chi connectivity index (χ1v) is 2.19. The molecule has 0 unspecified atom stereocenters. The van der Waals surface area contributed by atoms with Gasteiger partial charge in [0, 0.05) is 0 Å². The minimum absolute atomic E-state index is 0. The van der Waals surface area contributed by atoms with E-state index in [-0.39, 0.29) is 60.9 Å². The number of hydrogen-bond donors (Lipinski definition) is 0. The van der Waals surface area contributed by atoms with Gasteiger partial charge in [-0.3, -0.25) is 0 Å². The van der Waals surface area contributed by atoms with E-state index in [2.05, 4.69) is 0 Å². The van der Waals surface area contributed by atoms with E-state index in [0.717, 1.165) is 0 Å². The topological polar surface area (TPSA) is 86.2 Å². The molecule has 0 fully saturated rings. The van der Waals surface area contributed by atoms with Gasteiger partial charge in [0.2, 0.25) is 0 Å². The molecule has 0 saturated heterocycles. The molecule has 0 atom stereocenters. The Labute approximate surface area is 87.3 Å². The van der Waals surface area contributed by atoms with Crippen LogP contribution >= 0.6 is 7.82 Å². The van der Waals surface area contributed by atoms with Crippen LogP contribution < -0.4 is 14.7 Å². The van der Waals surface area contributed by atoms with Crippen LogP contribution in [0.2, 0.25) is 0 Å². The molecule has 0 spiro atoms. The van der Waals surface area contributed by atoms with Gasteiger partial charge in [0.1, 0.15) is 0 Å². The zero-order valence-electron chi connectivity index (χ0n) is 3.57. The maximum Gasteiger partial charge on any atom is 4.00 e. The molecule has 0 N–H and O–H groups in total. The van der Waals surface area contributed by atoms with Crippen LogP contribution in [0.4, 0.5) is 0 Å². The fourth-order valence-electron chi connectivity index (χ4n) is 0. The van der Waals surface area contributed by atoms with Crippen LogP contribution in [0.1, 0.15) is 0 Å². The maximum atomic E-state index is 8.55. The van der Waals surface area contributed by atoms with Crippen LogP contribution in [0.5, 0.6) is 0 Å². The van der Waals surface area contributed by atoms with E-state index < -0.39 is 7.82 Å². The molecule has 0 heterocycles. The largest absolute Gasteiger partial charge is 4.00 e. The van der Waals surface area contributed by atoms with E-state index in [4.69, 9.17) is 19.2 Å². The second-order valence-corrected chi connectivity index (χ2v) is 1.34. The van der Waals surface area contributed by atoms with Crippen LogP contribution in [0, 0.1) is 0 Å². The zero-order chi connectivity index (χ0) is 4.50. The summed E-state index contributed by atoms with van der Waals surface area (Å²) in [5, 5.41) is 0. The minimum atomic E-state index is -5.39. The van der Waals surface area contributed by atoms with Gasteiger partial charge in [-0.05, 0) is 0 Å². The Morgan fingerprint density at radius 1 is 1.12 bits per heavy atom. The summed E-state index contributed by atoms with van der Waals surface area (Å²) < 4.78 is 8.55. The van der Waals surface area contributed by atoms with Crippen LogP contribution in [-0.2, 0) is 48.1 Å². The smallest absolute Gasteiger partial charge is 0.822 e. The van der Waals surface area contributed by atoms with Gasteiger partial charge in [-0.25, -0.2) is 0 Å². The summed E-state index contributed by atoms with van der Waals surface area (Å²) in [4.78, 5) is 25.6. The molecule has 0 amide bonds. The van der Waals surface area contributed by atoms with E-state index in [9.17, 15) is 0 Å². The average molecular weight is 265 g/mol.